The molecule has 1 fully saturated rings. The van der Waals surface area contributed by atoms with Crippen LogP contribution in [0.3, 0.4) is 0 Å². The number of nitriles is 1. The summed E-state index contributed by atoms with van der Waals surface area (Å²) in [5.41, 5.74) is 9.60. The lowest BCUT2D eigenvalue weighted by Crippen LogP contribution is -2.40. The number of hydrogen-bond donors (Lipinski definition) is 1. The van der Waals surface area contributed by atoms with Crippen LogP contribution >= 0.6 is 11.3 Å². The SMILES string of the molecule is COC(=O)C1=C(C(=O)OC)N(c2ccc3nc4sc(C(=O)N(C)C5CCCCC5)c(C)n4c3c2)C(N)=C(C#N)C1c1ccccc1. The van der Waals surface area contributed by atoms with Crippen LogP contribution in [0, 0.1) is 18.3 Å². The summed E-state index contributed by atoms with van der Waals surface area (Å²) in [7, 11) is 4.29. The molecule has 0 spiro atoms. The maximum atomic E-state index is 13.7. The second-order valence-electron chi connectivity index (χ2n) is 11.5. The van der Waals surface area contributed by atoms with Gasteiger partial charge in [0.1, 0.15) is 16.4 Å². The Morgan fingerprint density at radius 1 is 1.04 bits per heavy atom. The molecule has 3 heterocycles. The van der Waals surface area contributed by atoms with Gasteiger partial charge in [-0.05, 0) is 43.5 Å². The number of carbonyl (C=O) groups excluding carboxylic acids is 3. The lowest BCUT2D eigenvalue weighted by molar-refractivity contribution is -0.139. The lowest BCUT2D eigenvalue weighted by atomic mass is 9.81. The number of esters is 2. The molecular formula is C34H34N6O5S. The van der Waals surface area contributed by atoms with Crippen molar-refractivity contribution >= 4 is 50.9 Å². The van der Waals surface area contributed by atoms with Gasteiger partial charge in [-0.1, -0.05) is 60.9 Å². The van der Waals surface area contributed by atoms with Gasteiger partial charge in [0.2, 0.25) is 0 Å². The van der Waals surface area contributed by atoms with Gasteiger partial charge in [0.05, 0.1) is 54.1 Å². The van der Waals surface area contributed by atoms with Gasteiger partial charge in [0.15, 0.2) is 4.96 Å². The molecule has 1 saturated carbocycles. The number of allylic oxidation sites excluding steroid dienone is 1. The van der Waals surface area contributed by atoms with Crippen molar-refractivity contribution in [3.05, 3.63) is 87.3 Å². The molecule has 0 radical (unpaired) electrons. The largest absolute Gasteiger partial charge is 0.466 e. The van der Waals surface area contributed by atoms with Crippen molar-refractivity contribution in [3.63, 3.8) is 0 Å². The average molecular weight is 639 g/mol. The molecule has 2 aromatic heterocycles. The molecule has 2 N–H and O–H groups in total. The normalized spacial score (nSPS) is 17.4. The smallest absolute Gasteiger partial charge is 0.355 e. The number of nitrogens with zero attached hydrogens (tertiary/aromatic N) is 5. The van der Waals surface area contributed by atoms with E-state index in [4.69, 9.17) is 20.2 Å². The number of rotatable bonds is 6. The van der Waals surface area contributed by atoms with Crippen LogP contribution < -0.4 is 10.6 Å². The molecule has 1 aliphatic carbocycles. The van der Waals surface area contributed by atoms with E-state index < -0.39 is 17.9 Å². The molecule has 1 aliphatic heterocycles. The molecule has 2 aromatic carbocycles. The summed E-state index contributed by atoms with van der Waals surface area (Å²) >= 11 is 1.34. The Morgan fingerprint density at radius 3 is 2.39 bits per heavy atom. The molecule has 11 nitrogen and oxygen atoms in total. The topological polar surface area (TPSA) is 143 Å². The number of fused-ring (bicyclic) bond motifs is 3. The van der Waals surface area contributed by atoms with E-state index in [2.05, 4.69) is 6.07 Å². The van der Waals surface area contributed by atoms with Crippen LogP contribution in [0.4, 0.5) is 5.69 Å². The van der Waals surface area contributed by atoms with E-state index in [-0.39, 0.29) is 34.6 Å². The van der Waals surface area contributed by atoms with E-state index in [1.807, 2.05) is 23.3 Å². The summed E-state index contributed by atoms with van der Waals surface area (Å²) in [6.07, 6.45) is 5.44. The van der Waals surface area contributed by atoms with Gasteiger partial charge in [-0.2, -0.15) is 5.26 Å². The van der Waals surface area contributed by atoms with Crippen molar-refractivity contribution in [2.45, 2.75) is 51.0 Å². The molecule has 0 bridgehead atoms. The van der Waals surface area contributed by atoms with Gasteiger partial charge in [-0.15, -0.1) is 0 Å². The van der Waals surface area contributed by atoms with Crippen molar-refractivity contribution in [2.75, 3.05) is 26.2 Å². The molecule has 4 aromatic rings. The van der Waals surface area contributed by atoms with Gasteiger partial charge in [-0.25, -0.2) is 14.6 Å². The van der Waals surface area contributed by atoms with Crippen molar-refractivity contribution in [1.82, 2.24) is 14.3 Å². The van der Waals surface area contributed by atoms with Crippen LogP contribution in [0.2, 0.25) is 0 Å². The molecular weight excluding hydrogens is 604 g/mol. The Morgan fingerprint density at radius 2 is 1.74 bits per heavy atom. The Kier molecular flexibility index (Phi) is 8.27. The summed E-state index contributed by atoms with van der Waals surface area (Å²) in [5.74, 6) is -2.66. The average Bonchev–Trinajstić information content (AvgIpc) is 3.62. The highest BCUT2D eigenvalue weighted by Crippen LogP contribution is 2.44. The first-order valence-electron chi connectivity index (χ1n) is 15.1. The number of aromatic nitrogens is 2. The van der Waals surface area contributed by atoms with E-state index in [1.165, 1.54) is 36.9 Å². The van der Waals surface area contributed by atoms with E-state index in [9.17, 15) is 19.6 Å². The maximum absolute atomic E-state index is 13.7. The van der Waals surface area contributed by atoms with Crippen molar-refractivity contribution in [2.24, 2.45) is 5.73 Å². The number of carbonyl (C=O) groups is 3. The minimum Gasteiger partial charge on any atom is -0.466 e. The van der Waals surface area contributed by atoms with Crippen molar-refractivity contribution in [3.8, 4) is 6.07 Å². The van der Waals surface area contributed by atoms with Crippen LogP contribution in [0.5, 0.6) is 0 Å². The van der Waals surface area contributed by atoms with E-state index in [1.54, 1.807) is 48.5 Å². The number of anilines is 1. The molecule has 0 saturated heterocycles. The van der Waals surface area contributed by atoms with Gasteiger partial charge in [0, 0.05) is 18.8 Å². The maximum Gasteiger partial charge on any atom is 0.355 e. The van der Waals surface area contributed by atoms with Crippen LogP contribution in [0.15, 0.2) is 71.2 Å². The molecule has 1 atom stereocenters. The minimum atomic E-state index is -0.969. The Hall–Kier alpha value is -5.15. The summed E-state index contributed by atoms with van der Waals surface area (Å²) in [5, 5.41) is 10.4. The number of ether oxygens (including phenoxy) is 2. The van der Waals surface area contributed by atoms with Gasteiger partial charge in [0.25, 0.3) is 5.91 Å². The molecule has 2 aliphatic rings. The quantitative estimate of drug-likeness (QED) is 0.283. The second kappa shape index (κ2) is 12.3. The van der Waals surface area contributed by atoms with E-state index in [0.717, 1.165) is 31.4 Å². The fourth-order valence-corrected chi connectivity index (χ4v) is 7.74. The number of nitrogens with two attached hydrogens (primary N) is 1. The van der Waals surface area contributed by atoms with Gasteiger partial charge in [-0.3, -0.25) is 14.1 Å². The van der Waals surface area contributed by atoms with Crippen LogP contribution in [0.1, 0.15) is 59.0 Å². The number of benzene rings is 2. The van der Waals surface area contributed by atoms with Gasteiger partial charge < -0.3 is 20.1 Å². The second-order valence-corrected chi connectivity index (χ2v) is 12.4. The highest BCUT2D eigenvalue weighted by Gasteiger charge is 2.43. The monoisotopic (exact) mass is 638 g/mol. The predicted molar refractivity (Wildman–Crippen MR) is 174 cm³/mol. The number of imidazole rings is 1. The number of methoxy groups -OCH3 is 2. The Bertz CT molecular complexity index is 1980. The summed E-state index contributed by atoms with van der Waals surface area (Å²) < 4.78 is 12.2. The summed E-state index contributed by atoms with van der Waals surface area (Å²) in [6, 6.07) is 16.5. The van der Waals surface area contributed by atoms with Crippen LogP contribution in [-0.4, -0.2) is 59.4 Å². The van der Waals surface area contributed by atoms with Crippen molar-refractivity contribution < 1.29 is 23.9 Å². The first-order valence-corrected chi connectivity index (χ1v) is 15.9. The molecule has 6 rings (SSSR count). The molecule has 1 unspecified atom stereocenters. The molecule has 1 amide bonds. The third-order valence-electron chi connectivity index (χ3n) is 8.97. The molecule has 46 heavy (non-hydrogen) atoms. The first kappa shape index (κ1) is 30.9. The number of aryl methyl sites for hydroxylation is 1. The van der Waals surface area contributed by atoms with E-state index >= 15 is 0 Å². The standard InChI is InChI=1S/C34H34N6O5S/c1-19-29(31(41)38(2)21-13-9-6-10-14-21)46-34-37-24-16-15-22(17-25(24)39(19)34)40-28(33(43)45-4)27(32(42)44-3)26(23(18-35)30(40)36)20-11-7-5-8-12-20/h5,7-8,11-12,15-17,21,26H,6,9-10,13-14,36H2,1-4H3. The Balaban J connectivity index is 1.52. The zero-order valence-electron chi connectivity index (χ0n) is 26.1. The lowest BCUT2D eigenvalue weighted by Gasteiger charge is -2.35. The fraction of sp³-hybridized carbons (Fsp3) is 0.324. The number of hydrogen-bond acceptors (Lipinski definition) is 10. The summed E-state index contributed by atoms with van der Waals surface area (Å²) in [4.78, 5) is 49.8. The number of amides is 1. The van der Waals surface area contributed by atoms with E-state index in [0.29, 0.717) is 32.1 Å². The molecule has 12 heteroatoms. The highest BCUT2D eigenvalue weighted by atomic mass is 32.1. The third-order valence-corrected chi connectivity index (χ3v) is 10.1. The summed E-state index contributed by atoms with van der Waals surface area (Å²) in [6.45, 7) is 1.89. The molecule has 236 valence electrons. The predicted octanol–water partition coefficient (Wildman–Crippen LogP) is 5.16. The zero-order valence-corrected chi connectivity index (χ0v) is 26.9. The highest BCUT2D eigenvalue weighted by molar-refractivity contribution is 7.19. The zero-order chi connectivity index (χ0) is 32.7. The first-order chi connectivity index (χ1) is 22.2. The fourth-order valence-electron chi connectivity index (χ4n) is 6.61. The number of thiazole rings is 1. The minimum absolute atomic E-state index is 0.0309. The van der Waals surface area contributed by atoms with Crippen LogP contribution in [0.25, 0.3) is 16.0 Å². The Labute approximate surface area is 270 Å². The van der Waals surface area contributed by atoms with Crippen molar-refractivity contribution in [1.29, 1.82) is 5.26 Å². The van der Waals surface area contributed by atoms with Crippen LogP contribution in [-0.2, 0) is 19.1 Å². The third kappa shape index (κ3) is 4.97. The van der Waals surface area contributed by atoms with Gasteiger partial charge >= 0.3 is 11.9 Å².